The summed E-state index contributed by atoms with van der Waals surface area (Å²) in [6, 6.07) is 80.8. The Morgan fingerprint density at radius 2 is 0.848 bits per heavy atom. The van der Waals surface area contributed by atoms with Gasteiger partial charge in [0.2, 0.25) is 0 Å². The lowest BCUT2D eigenvalue weighted by molar-refractivity contribution is 0.660. The van der Waals surface area contributed by atoms with Crippen LogP contribution in [0.3, 0.4) is 0 Å². The molecule has 1 aliphatic carbocycles. The number of fused-ring (bicyclic) bond motifs is 9. The molecule has 0 unspecified atom stereocenters. The van der Waals surface area contributed by atoms with Gasteiger partial charge in [0.15, 0.2) is 0 Å². The Balaban J connectivity index is 0.854. The smallest absolute Gasteiger partial charge is 0.143 e. The van der Waals surface area contributed by atoms with Crippen LogP contribution in [-0.4, -0.2) is 0 Å². The summed E-state index contributed by atoms with van der Waals surface area (Å²) in [7, 11) is 0. The number of furan rings is 2. The summed E-state index contributed by atoms with van der Waals surface area (Å²) in [5.74, 6) is 0. The van der Waals surface area contributed by atoms with Crippen LogP contribution in [0.1, 0.15) is 25.0 Å². The molecule has 0 N–H and O–H groups in total. The third-order valence-corrected chi connectivity index (χ3v) is 13.9. The fraction of sp³-hybridized carbons (Fsp3) is 0.0476. The number of hydrogen-bond donors (Lipinski definition) is 0. The highest BCUT2D eigenvalue weighted by Gasteiger charge is 2.36. The zero-order valence-electron chi connectivity index (χ0n) is 36.6. The van der Waals surface area contributed by atoms with E-state index in [1.807, 2.05) is 18.2 Å². The fourth-order valence-electron chi connectivity index (χ4n) is 10.6. The van der Waals surface area contributed by atoms with Crippen molar-refractivity contribution in [3.8, 4) is 55.6 Å². The molecule has 10 aromatic carbocycles. The molecule has 2 heterocycles. The van der Waals surface area contributed by atoms with E-state index in [9.17, 15) is 0 Å². The maximum Gasteiger partial charge on any atom is 0.143 e. The number of benzene rings is 10. The molecule has 0 saturated carbocycles. The van der Waals surface area contributed by atoms with Gasteiger partial charge >= 0.3 is 0 Å². The third-order valence-electron chi connectivity index (χ3n) is 13.9. The molecule has 2 aromatic heterocycles. The van der Waals surface area contributed by atoms with Crippen molar-refractivity contribution >= 4 is 60.9 Å². The lowest BCUT2D eigenvalue weighted by Gasteiger charge is -2.26. The summed E-state index contributed by atoms with van der Waals surface area (Å²) >= 11 is 0. The van der Waals surface area contributed by atoms with Gasteiger partial charge in [-0.3, -0.25) is 0 Å². The molecule has 0 spiro atoms. The van der Waals surface area contributed by atoms with Gasteiger partial charge in [0.05, 0.1) is 0 Å². The Morgan fingerprint density at radius 3 is 1.58 bits per heavy atom. The molecule has 0 atom stereocenters. The van der Waals surface area contributed by atoms with Gasteiger partial charge in [0, 0.05) is 49.6 Å². The van der Waals surface area contributed by atoms with Crippen LogP contribution in [-0.2, 0) is 5.41 Å². The van der Waals surface area contributed by atoms with E-state index in [1.165, 1.54) is 50.1 Å². The van der Waals surface area contributed by atoms with Crippen LogP contribution in [0, 0.1) is 0 Å². The molecule has 0 saturated heterocycles. The number of hydrogen-bond acceptors (Lipinski definition) is 3. The van der Waals surface area contributed by atoms with E-state index in [4.69, 9.17) is 8.83 Å². The van der Waals surface area contributed by atoms with Crippen LogP contribution in [0.25, 0.3) is 99.5 Å². The van der Waals surface area contributed by atoms with Crippen molar-refractivity contribution in [3.63, 3.8) is 0 Å². The van der Waals surface area contributed by atoms with Crippen molar-refractivity contribution in [2.45, 2.75) is 19.3 Å². The average molecular weight is 846 g/mol. The Morgan fingerprint density at radius 1 is 0.318 bits per heavy atom. The van der Waals surface area contributed by atoms with E-state index in [0.717, 1.165) is 77.6 Å². The van der Waals surface area contributed by atoms with Crippen molar-refractivity contribution < 1.29 is 8.83 Å². The minimum absolute atomic E-state index is 0.157. The number of rotatable bonds is 7. The number of nitrogens with zero attached hydrogens (tertiary/aromatic N) is 1. The molecule has 13 rings (SSSR count). The van der Waals surface area contributed by atoms with Crippen LogP contribution in [0.4, 0.5) is 17.1 Å². The minimum atomic E-state index is -0.157. The topological polar surface area (TPSA) is 29.5 Å². The maximum absolute atomic E-state index is 6.47. The fourth-order valence-corrected chi connectivity index (χ4v) is 10.6. The van der Waals surface area contributed by atoms with Gasteiger partial charge in [-0.15, -0.1) is 0 Å². The summed E-state index contributed by atoms with van der Waals surface area (Å²) in [4.78, 5) is 2.35. The second-order valence-electron chi connectivity index (χ2n) is 18.0. The van der Waals surface area contributed by atoms with Crippen LogP contribution >= 0.6 is 0 Å². The van der Waals surface area contributed by atoms with Gasteiger partial charge in [0.1, 0.15) is 22.3 Å². The molecule has 0 aliphatic heterocycles. The van der Waals surface area contributed by atoms with Crippen molar-refractivity contribution in [3.05, 3.63) is 236 Å². The molecule has 0 amide bonds. The highest BCUT2D eigenvalue weighted by molar-refractivity contribution is 6.12. The van der Waals surface area contributed by atoms with Crippen molar-refractivity contribution in [1.82, 2.24) is 0 Å². The van der Waals surface area contributed by atoms with Crippen LogP contribution in [0.5, 0.6) is 0 Å². The Bertz CT molecular complexity index is 3820. The van der Waals surface area contributed by atoms with Crippen molar-refractivity contribution in [2.24, 2.45) is 0 Å². The zero-order chi connectivity index (χ0) is 43.9. The number of para-hydroxylation sites is 3. The predicted molar refractivity (Wildman–Crippen MR) is 275 cm³/mol. The predicted octanol–water partition coefficient (Wildman–Crippen LogP) is 17.9. The molecule has 312 valence electrons. The van der Waals surface area contributed by atoms with Crippen LogP contribution in [0.2, 0.25) is 0 Å². The SMILES string of the molecule is CC1(C)c2ccc(-c3ccc(N(c4ccc(-c5ccccc5)cc4)c4ccc(-c5cccc6oc7ccccc7c56)cc4)cc3)cc2-c2ccc(-c3cccc4c3oc3ccccc34)cc21. The summed E-state index contributed by atoms with van der Waals surface area (Å²) in [5, 5.41) is 4.57. The zero-order valence-corrected chi connectivity index (χ0v) is 36.6. The lowest BCUT2D eigenvalue weighted by Crippen LogP contribution is -2.15. The van der Waals surface area contributed by atoms with Gasteiger partial charge in [-0.2, -0.15) is 0 Å². The Kier molecular flexibility index (Phi) is 8.56. The molecule has 0 fully saturated rings. The lowest BCUT2D eigenvalue weighted by atomic mass is 9.81. The average Bonchev–Trinajstić information content (AvgIpc) is 4.02. The van der Waals surface area contributed by atoms with E-state index >= 15 is 0 Å². The van der Waals surface area contributed by atoms with Gasteiger partial charge in [0.25, 0.3) is 0 Å². The first-order valence-electron chi connectivity index (χ1n) is 22.7. The van der Waals surface area contributed by atoms with E-state index in [1.54, 1.807) is 0 Å². The monoisotopic (exact) mass is 845 g/mol. The highest BCUT2D eigenvalue weighted by Crippen LogP contribution is 2.51. The van der Waals surface area contributed by atoms with Gasteiger partial charge in [-0.25, -0.2) is 0 Å². The minimum Gasteiger partial charge on any atom is -0.456 e. The van der Waals surface area contributed by atoms with Gasteiger partial charge in [-0.1, -0.05) is 172 Å². The number of anilines is 3. The van der Waals surface area contributed by atoms with Crippen LogP contribution in [0.15, 0.2) is 233 Å². The van der Waals surface area contributed by atoms with E-state index < -0.39 is 0 Å². The second-order valence-corrected chi connectivity index (χ2v) is 18.0. The van der Waals surface area contributed by atoms with E-state index in [0.29, 0.717) is 0 Å². The van der Waals surface area contributed by atoms with E-state index in [-0.39, 0.29) is 5.41 Å². The molecule has 12 aromatic rings. The second kappa shape index (κ2) is 14.8. The third kappa shape index (κ3) is 6.04. The first kappa shape index (κ1) is 38.1. The summed E-state index contributed by atoms with van der Waals surface area (Å²) in [6.45, 7) is 4.70. The molecular formula is C63H43NO2. The van der Waals surface area contributed by atoms with E-state index in [2.05, 4.69) is 225 Å². The maximum atomic E-state index is 6.47. The summed E-state index contributed by atoms with van der Waals surface area (Å²) in [5.41, 5.74) is 21.4. The first-order valence-corrected chi connectivity index (χ1v) is 22.7. The molecule has 3 nitrogen and oxygen atoms in total. The summed E-state index contributed by atoms with van der Waals surface area (Å²) in [6.07, 6.45) is 0. The van der Waals surface area contributed by atoms with Crippen molar-refractivity contribution in [2.75, 3.05) is 4.90 Å². The normalized spacial score (nSPS) is 12.8. The molecular weight excluding hydrogens is 803 g/mol. The largest absolute Gasteiger partial charge is 0.456 e. The highest BCUT2D eigenvalue weighted by atomic mass is 16.3. The molecule has 3 heteroatoms. The standard InChI is InChI=1S/C63H43NO2/c1-63(2)56-37-29-44(38-55(56)51-36-28-45(39-57(51)63)50-17-10-18-53-52-14-6-8-19-58(52)66-62(50)53)42-24-32-47(33-25-42)64(46-30-22-41(23-31-46)40-12-4-3-5-13-40)48-34-26-43(27-35-48)49-16-11-21-60-61(49)54-15-7-9-20-59(54)65-60/h3-39H,1-2H3. The first-order chi connectivity index (χ1) is 32.5. The molecule has 0 radical (unpaired) electrons. The summed E-state index contributed by atoms with van der Waals surface area (Å²) < 4.78 is 12.7. The molecule has 0 bridgehead atoms. The molecule has 1 aliphatic rings. The Hall–Kier alpha value is -8.40. The van der Waals surface area contributed by atoms with Crippen molar-refractivity contribution in [1.29, 1.82) is 0 Å². The Labute approximate surface area is 383 Å². The quantitative estimate of drug-likeness (QED) is 0.160. The van der Waals surface area contributed by atoms with Crippen LogP contribution < -0.4 is 4.90 Å². The van der Waals surface area contributed by atoms with Gasteiger partial charge in [-0.05, 0) is 128 Å². The van der Waals surface area contributed by atoms with Gasteiger partial charge < -0.3 is 13.7 Å². The molecule has 66 heavy (non-hydrogen) atoms.